The summed E-state index contributed by atoms with van der Waals surface area (Å²) in [4.78, 5) is 0. The Balaban J connectivity index is 1.67. The van der Waals surface area contributed by atoms with Crippen molar-refractivity contribution in [1.29, 1.82) is 0 Å². The standard InChI is InChI=1S/C23H38O3/c1-5-15-12-22(2)17(14-24)7-9-20(22)19-8-6-16-13-23(25-3,26-4)11-10-18(16)21(15)19/h15,17,19-21,24H,5-14H2,1-4H3/t15-,17-,19-,20+,21+,22+/m0/s1. The molecule has 0 aromatic carbocycles. The summed E-state index contributed by atoms with van der Waals surface area (Å²) in [7, 11) is 3.60. The Morgan fingerprint density at radius 2 is 1.88 bits per heavy atom. The van der Waals surface area contributed by atoms with Crippen LogP contribution in [0.15, 0.2) is 11.1 Å². The van der Waals surface area contributed by atoms with Crippen molar-refractivity contribution in [2.45, 2.75) is 77.4 Å². The van der Waals surface area contributed by atoms with Crippen LogP contribution in [0, 0.1) is 35.0 Å². The van der Waals surface area contributed by atoms with Gasteiger partial charge in [0.2, 0.25) is 0 Å². The lowest BCUT2D eigenvalue weighted by molar-refractivity contribution is -0.213. The average molecular weight is 363 g/mol. The van der Waals surface area contributed by atoms with Gasteiger partial charge in [0.15, 0.2) is 5.79 Å². The number of allylic oxidation sites excluding steroid dienone is 1. The average Bonchev–Trinajstić information content (AvgIpc) is 3.02. The van der Waals surface area contributed by atoms with Crippen molar-refractivity contribution in [3.8, 4) is 0 Å². The third kappa shape index (κ3) is 2.64. The van der Waals surface area contributed by atoms with E-state index in [0.29, 0.717) is 17.9 Å². The molecule has 4 aliphatic rings. The normalized spacial score (nSPS) is 44.4. The van der Waals surface area contributed by atoms with E-state index >= 15 is 0 Å². The summed E-state index contributed by atoms with van der Waals surface area (Å²) in [6, 6.07) is 0. The molecule has 0 spiro atoms. The van der Waals surface area contributed by atoms with Gasteiger partial charge < -0.3 is 14.6 Å². The van der Waals surface area contributed by atoms with E-state index in [1.54, 1.807) is 25.4 Å². The molecule has 0 aromatic rings. The van der Waals surface area contributed by atoms with Crippen LogP contribution in [-0.2, 0) is 9.47 Å². The van der Waals surface area contributed by atoms with Gasteiger partial charge in [-0.2, -0.15) is 0 Å². The molecule has 0 aliphatic heterocycles. The minimum Gasteiger partial charge on any atom is -0.396 e. The predicted molar refractivity (Wildman–Crippen MR) is 104 cm³/mol. The second kappa shape index (κ2) is 6.90. The topological polar surface area (TPSA) is 38.7 Å². The molecule has 148 valence electrons. The lowest BCUT2D eigenvalue weighted by Gasteiger charge is -2.56. The highest BCUT2D eigenvalue weighted by Gasteiger charge is 2.58. The summed E-state index contributed by atoms with van der Waals surface area (Å²) in [5, 5.41) is 9.99. The van der Waals surface area contributed by atoms with Crippen LogP contribution in [0.3, 0.4) is 0 Å². The summed E-state index contributed by atoms with van der Waals surface area (Å²) in [6.07, 6.45) is 10.9. The van der Waals surface area contributed by atoms with E-state index in [-0.39, 0.29) is 5.79 Å². The summed E-state index contributed by atoms with van der Waals surface area (Å²) in [6.45, 7) is 5.29. The number of aliphatic hydroxyl groups excluding tert-OH is 1. The predicted octanol–water partition coefficient (Wildman–Crippen LogP) is 4.94. The number of rotatable bonds is 4. The molecule has 1 N–H and O–H groups in total. The molecule has 0 saturated heterocycles. The van der Waals surface area contributed by atoms with Crippen LogP contribution in [0.2, 0.25) is 0 Å². The molecule has 0 aromatic heterocycles. The van der Waals surface area contributed by atoms with Gasteiger partial charge in [0.25, 0.3) is 0 Å². The quantitative estimate of drug-likeness (QED) is 0.569. The van der Waals surface area contributed by atoms with E-state index in [2.05, 4.69) is 13.8 Å². The number of hydrogen-bond donors (Lipinski definition) is 1. The Bertz CT molecular complexity index is 564. The third-order valence-electron chi connectivity index (χ3n) is 9.18. The number of hydrogen-bond acceptors (Lipinski definition) is 3. The molecule has 3 nitrogen and oxygen atoms in total. The first-order chi connectivity index (χ1) is 12.5. The highest BCUT2D eigenvalue weighted by Crippen LogP contribution is 2.65. The van der Waals surface area contributed by atoms with Gasteiger partial charge in [-0.05, 0) is 73.5 Å². The lowest BCUT2D eigenvalue weighted by atomic mass is 9.49. The summed E-state index contributed by atoms with van der Waals surface area (Å²) >= 11 is 0. The minimum absolute atomic E-state index is 0.367. The number of ether oxygens (including phenoxy) is 2. The molecule has 0 bridgehead atoms. The molecule has 2 saturated carbocycles. The van der Waals surface area contributed by atoms with Gasteiger partial charge in [-0.25, -0.2) is 0 Å². The maximum Gasteiger partial charge on any atom is 0.171 e. The van der Waals surface area contributed by atoms with Crippen LogP contribution in [0.5, 0.6) is 0 Å². The van der Waals surface area contributed by atoms with Crippen molar-refractivity contribution in [3.05, 3.63) is 11.1 Å². The van der Waals surface area contributed by atoms with Gasteiger partial charge in [0, 0.05) is 33.7 Å². The van der Waals surface area contributed by atoms with Gasteiger partial charge in [-0.1, -0.05) is 31.4 Å². The lowest BCUT2D eigenvalue weighted by Crippen LogP contribution is -2.49. The first-order valence-corrected chi connectivity index (χ1v) is 10.9. The molecule has 0 unspecified atom stereocenters. The van der Waals surface area contributed by atoms with E-state index in [1.165, 1.54) is 38.5 Å². The van der Waals surface area contributed by atoms with E-state index in [0.717, 1.165) is 42.9 Å². The Kier molecular flexibility index (Phi) is 5.03. The van der Waals surface area contributed by atoms with Crippen LogP contribution in [0.25, 0.3) is 0 Å². The van der Waals surface area contributed by atoms with Gasteiger partial charge in [0.05, 0.1) is 0 Å². The molecule has 2 fully saturated rings. The molecular weight excluding hydrogens is 324 g/mol. The molecule has 0 heterocycles. The van der Waals surface area contributed by atoms with Crippen molar-refractivity contribution < 1.29 is 14.6 Å². The molecule has 4 aliphatic carbocycles. The van der Waals surface area contributed by atoms with Gasteiger partial charge >= 0.3 is 0 Å². The number of methoxy groups -OCH3 is 2. The third-order valence-corrected chi connectivity index (χ3v) is 9.18. The zero-order chi connectivity index (χ0) is 18.5. The molecule has 4 rings (SSSR count). The first-order valence-electron chi connectivity index (χ1n) is 10.9. The smallest absolute Gasteiger partial charge is 0.171 e. The SMILES string of the molecule is CC[C@H]1C[C@]2(C)[C@H](CO)CC[C@@H]2[C@@H]2CCC3=C(CCC(OC)(OC)C3)[C@@H]12. The fraction of sp³-hybridized carbons (Fsp3) is 0.913. The zero-order valence-corrected chi connectivity index (χ0v) is 17.2. The van der Waals surface area contributed by atoms with E-state index in [9.17, 15) is 5.11 Å². The number of aliphatic hydroxyl groups is 1. The van der Waals surface area contributed by atoms with Crippen molar-refractivity contribution >= 4 is 0 Å². The summed E-state index contributed by atoms with van der Waals surface area (Å²) < 4.78 is 11.6. The van der Waals surface area contributed by atoms with Crippen molar-refractivity contribution in [1.82, 2.24) is 0 Å². The molecular formula is C23H38O3. The van der Waals surface area contributed by atoms with Crippen LogP contribution >= 0.6 is 0 Å². The molecule has 0 radical (unpaired) electrons. The Morgan fingerprint density at radius 3 is 2.54 bits per heavy atom. The monoisotopic (exact) mass is 362 g/mol. The minimum atomic E-state index is -0.383. The highest BCUT2D eigenvalue weighted by atomic mass is 16.7. The molecule has 26 heavy (non-hydrogen) atoms. The molecule has 0 amide bonds. The van der Waals surface area contributed by atoms with Gasteiger partial charge in [-0.15, -0.1) is 0 Å². The Hall–Kier alpha value is -0.380. The summed E-state index contributed by atoms with van der Waals surface area (Å²) in [5.74, 6) is 3.37. The van der Waals surface area contributed by atoms with Crippen LogP contribution in [0.1, 0.15) is 71.6 Å². The molecule has 6 atom stereocenters. The largest absolute Gasteiger partial charge is 0.396 e. The Labute approximate surface area is 159 Å². The second-order valence-electron chi connectivity index (χ2n) is 9.79. The molecule has 3 heteroatoms. The maximum atomic E-state index is 9.99. The van der Waals surface area contributed by atoms with Crippen LogP contribution < -0.4 is 0 Å². The first kappa shape index (κ1) is 19.0. The van der Waals surface area contributed by atoms with Crippen molar-refractivity contribution in [2.24, 2.45) is 35.0 Å². The fourth-order valence-electron chi connectivity index (χ4n) is 7.73. The fourth-order valence-corrected chi connectivity index (χ4v) is 7.73. The van der Waals surface area contributed by atoms with E-state index in [1.807, 2.05) is 0 Å². The van der Waals surface area contributed by atoms with Gasteiger partial charge in [-0.3, -0.25) is 0 Å². The van der Waals surface area contributed by atoms with Crippen molar-refractivity contribution in [2.75, 3.05) is 20.8 Å². The van der Waals surface area contributed by atoms with Gasteiger partial charge in [0.1, 0.15) is 0 Å². The van der Waals surface area contributed by atoms with E-state index in [4.69, 9.17) is 9.47 Å². The summed E-state index contributed by atoms with van der Waals surface area (Å²) in [5.41, 5.74) is 3.80. The van der Waals surface area contributed by atoms with Crippen LogP contribution in [-0.4, -0.2) is 31.7 Å². The number of fused-ring (bicyclic) bond motifs is 4. The maximum absolute atomic E-state index is 9.99. The highest BCUT2D eigenvalue weighted by molar-refractivity contribution is 5.29. The van der Waals surface area contributed by atoms with Crippen molar-refractivity contribution in [3.63, 3.8) is 0 Å². The zero-order valence-electron chi connectivity index (χ0n) is 17.2. The van der Waals surface area contributed by atoms with E-state index < -0.39 is 0 Å². The Morgan fingerprint density at radius 1 is 1.12 bits per heavy atom. The second-order valence-corrected chi connectivity index (χ2v) is 9.79. The van der Waals surface area contributed by atoms with Crippen LogP contribution in [0.4, 0.5) is 0 Å².